The Bertz CT molecular complexity index is 1020. The zero-order valence-electron chi connectivity index (χ0n) is 19.5. The largest absolute Gasteiger partial charge is 0.467 e. The third-order valence-corrected chi connectivity index (χ3v) is 6.35. The van der Waals surface area contributed by atoms with E-state index in [-0.39, 0.29) is 11.8 Å². The number of aromatic nitrogens is 2. The molecule has 1 aromatic carbocycles. The minimum Gasteiger partial charge on any atom is -0.467 e. The lowest BCUT2D eigenvalue weighted by Crippen LogP contribution is -2.45. The number of ketones is 1. The predicted octanol–water partition coefficient (Wildman–Crippen LogP) is 2.80. The van der Waals surface area contributed by atoms with Crippen LogP contribution in [0, 0.1) is 12.3 Å². The van der Waals surface area contributed by atoms with Crippen LogP contribution in [0.3, 0.4) is 0 Å². The Morgan fingerprint density at radius 3 is 2.79 bits per heavy atom. The Morgan fingerprint density at radius 1 is 1.30 bits per heavy atom. The smallest absolute Gasteiger partial charge is 0.320 e. The summed E-state index contributed by atoms with van der Waals surface area (Å²) in [6.07, 6.45) is 3.10. The SMILES string of the molecule is COc1nc(Nc2cc(C3CCNCC3)c(C)cc2C=N)cc(N2CCOC(C(C)=O)C2)n1. The second-order valence-corrected chi connectivity index (χ2v) is 8.60. The van der Waals surface area contributed by atoms with Gasteiger partial charge in [0.1, 0.15) is 17.7 Å². The van der Waals surface area contributed by atoms with Gasteiger partial charge in [-0.25, -0.2) is 0 Å². The molecule has 2 saturated heterocycles. The van der Waals surface area contributed by atoms with Gasteiger partial charge in [-0.3, -0.25) is 4.79 Å². The first-order valence-electron chi connectivity index (χ1n) is 11.4. The Balaban J connectivity index is 1.65. The minimum atomic E-state index is -0.467. The van der Waals surface area contributed by atoms with Gasteiger partial charge in [0.15, 0.2) is 5.78 Å². The first kappa shape index (κ1) is 23.1. The van der Waals surface area contributed by atoms with Gasteiger partial charge in [-0.2, -0.15) is 9.97 Å². The maximum Gasteiger partial charge on any atom is 0.320 e. The van der Waals surface area contributed by atoms with Crippen molar-refractivity contribution in [1.82, 2.24) is 15.3 Å². The first-order valence-corrected chi connectivity index (χ1v) is 11.4. The van der Waals surface area contributed by atoms with E-state index in [1.54, 1.807) is 0 Å². The quantitative estimate of drug-likeness (QED) is 0.550. The fourth-order valence-corrected chi connectivity index (χ4v) is 4.52. The lowest BCUT2D eigenvalue weighted by molar-refractivity contribution is -0.128. The van der Waals surface area contributed by atoms with E-state index >= 15 is 0 Å². The maximum absolute atomic E-state index is 11.8. The third-order valence-electron chi connectivity index (χ3n) is 6.35. The molecule has 1 aromatic heterocycles. The number of ether oxygens (including phenoxy) is 2. The van der Waals surface area contributed by atoms with E-state index in [1.165, 1.54) is 31.4 Å². The molecule has 0 spiro atoms. The van der Waals surface area contributed by atoms with Gasteiger partial charge in [-0.05, 0) is 69.0 Å². The average Bonchev–Trinajstić information content (AvgIpc) is 2.85. The normalized spacial score (nSPS) is 19.2. The number of Topliss-reactive ketones (excluding diaryl/α,β-unsaturated/α-hetero) is 1. The van der Waals surface area contributed by atoms with Gasteiger partial charge in [-0.15, -0.1) is 0 Å². The molecule has 176 valence electrons. The van der Waals surface area contributed by atoms with E-state index in [9.17, 15) is 4.79 Å². The average molecular weight is 453 g/mol. The molecular formula is C24H32N6O3. The number of methoxy groups -OCH3 is 1. The summed E-state index contributed by atoms with van der Waals surface area (Å²) in [7, 11) is 1.53. The number of piperidine rings is 1. The lowest BCUT2D eigenvalue weighted by atomic mass is 9.86. The van der Waals surface area contributed by atoms with Crippen LogP contribution >= 0.6 is 0 Å². The number of carbonyl (C=O) groups is 1. The minimum absolute atomic E-state index is 0.000193. The Hall–Kier alpha value is -3.04. The van der Waals surface area contributed by atoms with Crippen molar-refractivity contribution < 1.29 is 14.3 Å². The summed E-state index contributed by atoms with van der Waals surface area (Å²) in [5.41, 5.74) is 4.14. The number of carbonyl (C=O) groups excluding carboxylic acids is 1. The van der Waals surface area contributed by atoms with Crippen LogP contribution in [0.5, 0.6) is 6.01 Å². The highest BCUT2D eigenvalue weighted by atomic mass is 16.5. The van der Waals surface area contributed by atoms with Crippen LogP contribution in [0.15, 0.2) is 18.2 Å². The molecule has 1 atom stereocenters. The van der Waals surface area contributed by atoms with Crippen LogP contribution in [0.1, 0.15) is 42.4 Å². The summed E-state index contributed by atoms with van der Waals surface area (Å²) in [5, 5.41) is 14.7. The molecule has 3 N–H and O–H groups in total. The van der Waals surface area contributed by atoms with E-state index in [2.05, 4.69) is 39.7 Å². The molecule has 0 aliphatic carbocycles. The molecule has 0 saturated carbocycles. The summed E-state index contributed by atoms with van der Waals surface area (Å²) < 4.78 is 10.9. The van der Waals surface area contributed by atoms with Gasteiger partial charge >= 0.3 is 6.01 Å². The van der Waals surface area contributed by atoms with Crippen molar-refractivity contribution in [2.75, 3.05) is 50.1 Å². The van der Waals surface area contributed by atoms with Crippen LogP contribution in [0.4, 0.5) is 17.3 Å². The summed E-state index contributed by atoms with van der Waals surface area (Å²) in [5.74, 6) is 1.74. The molecule has 0 amide bonds. The van der Waals surface area contributed by atoms with Crippen molar-refractivity contribution in [1.29, 1.82) is 5.41 Å². The number of hydrogen-bond donors (Lipinski definition) is 3. The molecule has 3 heterocycles. The standard InChI is InChI=1S/C24H32N6O3/c1-15-10-18(13-25)20(11-19(15)17-4-6-26-7-5-17)27-22-12-23(29-24(28-22)32-3)30-8-9-33-21(14-30)16(2)31/h10-13,17,21,25-26H,4-9,14H2,1-3H3,(H,27,28,29). The number of hydrogen-bond acceptors (Lipinski definition) is 9. The summed E-state index contributed by atoms with van der Waals surface area (Å²) in [6, 6.07) is 6.30. The highest BCUT2D eigenvalue weighted by molar-refractivity contribution is 5.88. The number of aryl methyl sites for hydroxylation is 1. The van der Waals surface area contributed by atoms with E-state index in [0.717, 1.165) is 37.2 Å². The number of anilines is 3. The fourth-order valence-electron chi connectivity index (χ4n) is 4.52. The Labute approximate surface area is 194 Å². The van der Waals surface area contributed by atoms with E-state index in [0.29, 0.717) is 37.3 Å². The van der Waals surface area contributed by atoms with Crippen molar-refractivity contribution in [2.45, 2.75) is 38.7 Å². The maximum atomic E-state index is 11.8. The van der Waals surface area contributed by atoms with Crippen LogP contribution in [0.2, 0.25) is 0 Å². The molecule has 2 aliphatic rings. The molecule has 1 unspecified atom stereocenters. The molecule has 33 heavy (non-hydrogen) atoms. The van der Waals surface area contributed by atoms with Gasteiger partial charge in [0.25, 0.3) is 0 Å². The monoisotopic (exact) mass is 452 g/mol. The van der Waals surface area contributed by atoms with E-state index in [4.69, 9.17) is 14.9 Å². The number of nitrogens with zero attached hydrogens (tertiary/aromatic N) is 3. The highest BCUT2D eigenvalue weighted by Gasteiger charge is 2.26. The first-order chi connectivity index (χ1) is 16.0. The van der Waals surface area contributed by atoms with E-state index in [1.807, 2.05) is 11.0 Å². The second-order valence-electron chi connectivity index (χ2n) is 8.60. The second kappa shape index (κ2) is 10.3. The van der Waals surface area contributed by atoms with Gasteiger partial charge in [0.05, 0.1) is 20.3 Å². The Morgan fingerprint density at radius 2 is 2.09 bits per heavy atom. The highest BCUT2D eigenvalue weighted by Crippen LogP contribution is 2.33. The number of morpholine rings is 1. The molecule has 2 aromatic rings. The van der Waals surface area contributed by atoms with Crippen molar-refractivity contribution in [3.05, 3.63) is 34.9 Å². The molecule has 2 fully saturated rings. The fraction of sp³-hybridized carbons (Fsp3) is 0.500. The van der Waals surface area contributed by atoms with Crippen molar-refractivity contribution in [3.8, 4) is 6.01 Å². The van der Waals surface area contributed by atoms with Crippen molar-refractivity contribution in [2.24, 2.45) is 0 Å². The molecule has 0 radical (unpaired) electrons. The lowest BCUT2D eigenvalue weighted by Gasteiger charge is -2.32. The van der Waals surface area contributed by atoms with Crippen LogP contribution in [0.25, 0.3) is 0 Å². The molecule has 0 bridgehead atoms. The van der Waals surface area contributed by atoms with Crippen LogP contribution in [-0.2, 0) is 9.53 Å². The summed E-state index contributed by atoms with van der Waals surface area (Å²) in [4.78, 5) is 22.8. The number of benzene rings is 1. The summed E-state index contributed by atoms with van der Waals surface area (Å²) in [6.45, 7) is 7.21. The van der Waals surface area contributed by atoms with Crippen molar-refractivity contribution in [3.63, 3.8) is 0 Å². The van der Waals surface area contributed by atoms with Gasteiger partial charge < -0.3 is 30.4 Å². The number of nitrogens with one attached hydrogen (secondary N) is 3. The molecule has 4 rings (SSSR count). The number of rotatable bonds is 7. The van der Waals surface area contributed by atoms with E-state index < -0.39 is 6.10 Å². The molecule has 9 nitrogen and oxygen atoms in total. The zero-order chi connectivity index (χ0) is 23.4. The molecule has 2 aliphatic heterocycles. The Kier molecular flexibility index (Phi) is 7.20. The summed E-state index contributed by atoms with van der Waals surface area (Å²) >= 11 is 0. The third kappa shape index (κ3) is 5.31. The van der Waals surface area contributed by atoms with Gasteiger partial charge in [0, 0.05) is 30.1 Å². The van der Waals surface area contributed by atoms with Crippen molar-refractivity contribution >= 4 is 29.3 Å². The van der Waals surface area contributed by atoms with Crippen LogP contribution in [-0.4, -0.2) is 68.0 Å². The predicted molar refractivity (Wildman–Crippen MR) is 128 cm³/mol. The van der Waals surface area contributed by atoms with Gasteiger partial charge in [0.2, 0.25) is 0 Å². The topological polar surface area (TPSA) is 112 Å². The molecular weight excluding hydrogens is 420 g/mol. The van der Waals surface area contributed by atoms with Gasteiger partial charge in [-0.1, -0.05) is 0 Å². The molecule has 9 heteroatoms. The van der Waals surface area contributed by atoms with Crippen LogP contribution < -0.4 is 20.3 Å². The zero-order valence-corrected chi connectivity index (χ0v) is 19.5.